The number of carbonyl (C=O) groups is 3. The molecule has 1 saturated heterocycles. The van der Waals surface area contributed by atoms with Gasteiger partial charge in [-0.1, -0.05) is 54.6 Å². The van der Waals surface area contributed by atoms with Gasteiger partial charge in [-0.25, -0.2) is 0 Å². The molecule has 6 heteroatoms. The Labute approximate surface area is 181 Å². The molecule has 6 nitrogen and oxygen atoms in total. The van der Waals surface area contributed by atoms with Crippen LogP contribution in [0.15, 0.2) is 72.8 Å². The van der Waals surface area contributed by atoms with Gasteiger partial charge in [-0.15, -0.1) is 0 Å². The molecule has 4 rings (SSSR count). The van der Waals surface area contributed by atoms with E-state index >= 15 is 0 Å². The number of likely N-dealkylation sites (tertiary alicyclic amines) is 1. The van der Waals surface area contributed by atoms with Crippen molar-refractivity contribution in [1.29, 1.82) is 0 Å². The smallest absolute Gasteiger partial charge is 0.254 e. The van der Waals surface area contributed by atoms with Crippen LogP contribution in [0.2, 0.25) is 0 Å². The third-order valence-electron chi connectivity index (χ3n) is 5.61. The summed E-state index contributed by atoms with van der Waals surface area (Å²) in [5, 5.41) is 7.61. The Morgan fingerprint density at radius 3 is 2.29 bits per heavy atom. The van der Waals surface area contributed by atoms with Crippen molar-refractivity contribution in [3.05, 3.63) is 83.9 Å². The maximum Gasteiger partial charge on any atom is 0.254 e. The average molecular weight is 415 g/mol. The Morgan fingerprint density at radius 2 is 1.52 bits per heavy atom. The summed E-state index contributed by atoms with van der Waals surface area (Å²) < 4.78 is 0. The van der Waals surface area contributed by atoms with Gasteiger partial charge in [-0.3, -0.25) is 14.4 Å². The molecule has 0 unspecified atom stereocenters. The molecule has 1 fully saturated rings. The van der Waals surface area contributed by atoms with E-state index < -0.39 is 0 Å². The molecule has 0 atom stereocenters. The Kier molecular flexibility index (Phi) is 6.26. The van der Waals surface area contributed by atoms with Crippen molar-refractivity contribution in [1.82, 2.24) is 15.5 Å². The molecule has 3 amide bonds. The van der Waals surface area contributed by atoms with Crippen LogP contribution in [0.4, 0.5) is 0 Å². The molecule has 1 aliphatic heterocycles. The Balaban J connectivity index is 1.27. The van der Waals surface area contributed by atoms with Crippen LogP contribution in [0.25, 0.3) is 10.8 Å². The summed E-state index contributed by atoms with van der Waals surface area (Å²) in [7, 11) is 0. The molecule has 2 N–H and O–H groups in total. The molecule has 3 aromatic rings. The Bertz CT molecular complexity index is 1080. The van der Waals surface area contributed by atoms with Crippen LogP contribution in [0, 0.1) is 0 Å². The zero-order valence-corrected chi connectivity index (χ0v) is 17.2. The van der Waals surface area contributed by atoms with E-state index in [0.29, 0.717) is 37.1 Å². The van der Waals surface area contributed by atoms with Gasteiger partial charge in [0, 0.05) is 30.3 Å². The second-order valence-electron chi connectivity index (χ2n) is 7.71. The summed E-state index contributed by atoms with van der Waals surface area (Å²) >= 11 is 0. The standard InChI is InChI=1S/C25H25N3O3/c29-23(17-26-24(30)19-8-2-1-3-9-19)27-20-13-15-28(16-14-20)25(31)22-12-6-10-18-7-4-5-11-21(18)22/h1-12,20H,13-17H2,(H,26,30)(H,27,29). The highest BCUT2D eigenvalue weighted by Crippen LogP contribution is 2.22. The van der Waals surface area contributed by atoms with Crippen LogP contribution in [0.1, 0.15) is 33.6 Å². The lowest BCUT2D eigenvalue weighted by Gasteiger charge is -2.32. The highest BCUT2D eigenvalue weighted by Gasteiger charge is 2.25. The summed E-state index contributed by atoms with van der Waals surface area (Å²) in [6, 6.07) is 22.5. The topological polar surface area (TPSA) is 78.5 Å². The lowest BCUT2D eigenvalue weighted by molar-refractivity contribution is -0.121. The van der Waals surface area contributed by atoms with Crippen molar-refractivity contribution in [3.63, 3.8) is 0 Å². The zero-order chi connectivity index (χ0) is 21.6. The predicted molar refractivity (Wildman–Crippen MR) is 120 cm³/mol. The van der Waals surface area contributed by atoms with Crippen molar-refractivity contribution in [3.8, 4) is 0 Å². The molecular formula is C25H25N3O3. The molecule has 0 aromatic heterocycles. The Hall–Kier alpha value is -3.67. The minimum atomic E-state index is -0.272. The van der Waals surface area contributed by atoms with Crippen molar-refractivity contribution in [2.24, 2.45) is 0 Å². The number of hydrogen-bond acceptors (Lipinski definition) is 3. The lowest BCUT2D eigenvalue weighted by Crippen LogP contribution is -2.48. The summed E-state index contributed by atoms with van der Waals surface area (Å²) in [6.07, 6.45) is 1.38. The number of nitrogens with one attached hydrogen (secondary N) is 2. The highest BCUT2D eigenvalue weighted by atomic mass is 16.2. The lowest BCUT2D eigenvalue weighted by atomic mass is 10.0. The quantitative estimate of drug-likeness (QED) is 0.673. The number of fused-ring (bicyclic) bond motifs is 1. The number of amides is 3. The number of rotatable bonds is 5. The fourth-order valence-corrected chi connectivity index (χ4v) is 3.94. The first-order valence-corrected chi connectivity index (χ1v) is 10.5. The zero-order valence-electron chi connectivity index (χ0n) is 17.2. The molecule has 1 heterocycles. The van der Waals surface area contributed by atoms with Gasteiger partial charge >= 0.3 is 0 Å². The van der Waals surface area contributed by atoms with E-state index in [9.17, 15) is 14.4 Å². The van der Waals surface area contributed by atoms with Crippen LogP contribution in [0.3, 0.4) is 0 Å². The average Bonchev–Trinajstić information content (AvgIpc) is 2.83. The fourth-order valence-electron chi connectivity index (χ4n) is 3.94. The van der Waals surface area contributed by atoms with Crippen LogP contribution in [-0.2, 0) is 4.79 Å². The molecule has 158 valence electrons. The van der Waals surface area contributed by atoms with E-state index in [1.54, 1.807) is 24.3 Å². The number of benzene rings is 3. The number of hydrogen-bond donors (Lipinski definition) is 2. The minimum Gasteiger partial charge on any atom is -0.352 e. The molecule has 0 aliphatic carbocycles. The first-order chi connectivity index (χ1) is 15.1. The van der Waals surface area contributed by atoms with Gasteiger partial charge in [0.2, 0.25) is 5.91 Å². The van der Waals surface area contributed by atoms with E-state index in [0.717, 1.165) is 10.8 Å². The normalized spacial score (nSPS) is 14.3. The first kappa shape index (κ1) is 20.6. The maximum absolute atomic E-state index is 13.0. The van der Waals surface area contributed by atoms with Gasteiger partial charge in [-0.2, -0.15) is 0 Å². The van der Waals surface area contributed by atoms with Gasteiger partial charge in [0.25, 0.3) is 11.8 Å². The van der Waals surface area contributed by atoms with Crippen molar-refractivity contribution in [2.75, 3.05) is 19.6 Å². The van der Waals surface area contributed by atoms with E-state index in [-0.39, 0.29) is 30.3 Å². The molecule has 0 spiro atoms. The van der Waals surface area contributed by atoms with Crippen molar-refractivity contribution >= 4 is 28.5 Å². The molecule has 31 heavy (non-hydrogen) atoms. The van der Waals surface area contributed by atoms with Crippen molar-refractivity contribution < 1.29 is 14.4 Å². The van der Waals surface area contributed by atoms with Crippen LogP contribution in [-0.4, -0.2) is 48.3 Å². The van der Waals surface area contributed by atoms with E-state index in [1.807, 2.05) is 53.4 Å². The van der Waals surface area contributed by atoms with E-state index in [4.69, 9.17) is 0 Å². The van der Waals surface area contributed by atoms with E-state index in [2.05, 4.69) is 10.6 Å². The third-order valence-corrected chi connectivity index (χ3v) is 5.61. The fraction of sp³-hybridized carbons (Fsp3) is 0.240. The molecule has 0 saturated carbocycles. The second-order valence-corrected chi connectivity index (χ2v) is 7.71. The van der Waals surface area contributed by atoms with Crippen LogP contribution < -0.4 is 10.6 Å². The SMILES string of the molecule is O=C(CNC(=O)c1ccccc1)NC1CCN(C(=O)c2cccc3ccccc23)CC1. The highest BCUT2D eigenvalue weighted by molar-refractivity contribution is 6.07. The summed E-state index contributed by atoms with van der Waals surface area (Å²) in [6.45, 7) is 1.11. The molecule has 1 aliphatic rings. The number of nitrogens with zero attached hydrogens (tertiary/aromatic N) is 1. The maximum atomic E-state index is 13.0. The van der Waals surface area contributed by atoms with Crippen LogP contribution in [0.5, 0.6) is 0 Å². The monoisotopic (exact) mass is 415 g/mol. The molecular weight excluding hydrogens is 390 g/mol. The second kappa shape index (κ2) is 9.43. The van der Waals surface area contributed by atoms with Crippen LogP contribution >= 0.6 is 0 Å². The summed E-state index contributed by atoms with van der Waals surface area (Å²) in [4.78, 5) is 39.2. The number of carbonyl (C=O) groups excluding carboxylic acids is 3. The Morgan fingerprint density at radius 1 is 0.839 bits per heavy atom. The number of piperidine rings is 1. The molecule has 0 bridgehead atoms. The van der Waals surface area contributed by atoms with E-state index in [1.165, 1.54) is 0 Å². The van der Waals surface area contributed by atoms with Gasteiger partial charge in [0.05, 0.1) is 6.54 Å². The molecule has 3 aromatic carbocycles. The predicted octanol–water partition coefficient (Wildman–Crippen LogP) is 2.99. The summed E-state index contributed by atoms with van der Waals surface area (Å²) in [5.74, 6) is -0.467. The van der Waals surface area contributed by atoms with Gasteiger partial charge in [0.15, 0.2) is 0 Å². The van der Waals surface area contributed by atoms with Gasteiger partial charge in [0.1, 0.15) is 0 Å². The molecule has 0 radical (unpaired) electrons. The first-order valence-electron chi connectivity index (χ1n) is 10.5. The summed E-state index contributed by atoms with van der Waals surface area (Å²) in [5.41, 5.74) is 1.24. The van der Waals surface area contributed by atoms with Crippen molar-refractivity contribution in [2.45, 2.75) is 18.9 Å². The van der Waals surface area contributed by atoms with Gasteiger partial charge < -0.3 is 15.5 Å². The third kappa shape index (κ3) is 4.91. The minimum absolute atomic E-state index is 0.00213. The van der Waals surface area contributed by atoms with Gasteiger partial charge in [-0.05, 0) is 41.8 Å². The largest absolute Gasteiger partial charge is 0.352 e.